The second-order valence-corrected chi connectivity index (χ2v) is 4.47. The van der Waals surface area contributed by atoms with Crippen LogP contribution in [0, 0.1) is 5.41 Å². The van der Waals surface area contributed by atoms with Crippen LogP contribution in [0.15, 0.2) is 42.5 Å². The largest absolute Gasteiger partial charge is 0.496 e. The van der Waals surface area contributed by atoms with Crippen molar-refractivity contribution in [2.75, 3.05) is 7.11 Å². The van der Waals surface area contributed by atoms with E-state index in [1.165, 1.54) is 0 Å². The fourth-order valence-corrected chi connectivity index (χ4v) is 2.48. The van der Waals surface area contributed by atoms with Gasteiger partial charge in [-0.25, -0.2) is 0 Å². The van der Waals surface area contributed by atoms with Crippen LogP contribution in [0.5, 0.6) is 11.5 Å². The van der Waals surface area contributed by atoms with Crippen LogP contribution in [0.25, 0.3) is 11.1 Å². The minimum Gasteiger partial charge on any atom is -0.496 e. The Balaban J connectivity index is 2.26. The van der Waals surface area contributed by atoms with Gasteiger partial charge >= 0.3 is 0 Å². The summed E-state index contributed by atoms with van der Waals surface area (Å²) in [5.74, 6) is 0.935. The van der Waals surface area contributed by atoms with Crippen LogP contribution in [0.4, 0.5) is 0 Å². The molecule has 0 bridgehead atoms. The van der Waals surface area contributed by atoms with Crippen LogP contribution in [0.2, 0.25) is 0 Å². The van der Waals surface area contributed by atoms with Gasteiger partial charge in [0.05, 0.1) is 18.9 Å². The minimum atomic E-state index is -0.761. The monoisotopic (exact) mass is 267 g/mol. The number of Topliss-reactive ketones (excluding diaryl/α,β-unsaturated/α-hetero) is 1. The maximum atomic E-state index is 11.9. The van der Waals surface area contributed by atoms with Gasteiger partial charge in [0.25, 0.3) is 0 Å². The molecule has 0 radical (unpaired) electrons. The number of ether oxygens (including phenoxy) is 2. The van der Waals surface area contributed by atoms with Crippen LogP contribution in [-0.4, -0.2) is 19.1 Å². The molecule has 0 fully saturated rings. The summed E-state index contributed by atoms with van der Waals surface area (Å²) in [6.45, 7) is 0. The molecule has 20 heavy (non-hydrogen) atoms. The molecule has 1 atom stereocenters. The molecular formula is C16H13NO3. The van der Waals surface area contributed by atoms with Gasteiger partial charge in [-0.3, -0.25) is 4.79 Å². The Morgan fingerprint density at radius 3 is 2.80 bits per heavy atom. The molecule has 3 rings (SSSR count). The summed E-state index contributed by atoms with van der Waals surface area (Å²) in [5, 5.41) is 7.17. The topological polar surface area (TPSA) is 59.4 Å². The maximum absolute atomic E-state index is 11.9. The van der Waals surface area contributed by atoms with Gasteiger partial charge in [0.1, 0.15) is 11.5 Å². The van der Waals surface area contributed by atoms with Gasteiger partial charge in [-0.2, -0.15) is 0 Å². The molecule has 1 N–H and O–H groups in total. The average Bonchev–Trinajstić information content (AvgIpc) is 2.52. The molecule has 0 aromatic heterocycles. The molecule has 0 amide bonds. The van der Waals surface area contributed by atoms with E-state index in [4.69, 9.17) is 14.9 Å². The number of methoxy groups -OCH3 is 1. The van der Waals surface area contributed by atoms with E-state index in [-0.39, 0.29) is 5.78 Å². The number of ketones is 1. The van der Waals surface area contributed by atoms with Crippen LogP contribution < -0.4 is 9.47 Å². The highest BCUT2D eigenvalue weighted by Crippen LogP contribution is 2.46. The van der Waals surface area contributed by atoms with Crippen molar-refractivity contribution in [1.82, 2.24) is 0 Å². The Morgan fingerprint density at radius 2 is 2.05 bits per heavy atom. The van der Waals surface area contributed by atoms with Gasteiger partial charge in [0, 0.05) is 5.56 Å². The fraction of sp³-hybridized carbons (Fsp3) is 0.125. The van der Waals surface area contributed by atoms with Crippen molar-refractivity contribution in [2.45, 2.75) is 6.10 Å². The lowest BCUT2D eigenvalue weighted by Crippen LogP contribution is -2.23. The number of benzene rings is 2. The number of rotatable bonds is 3. The second kappa shape index (κ2) is 4.81. The van der Waals surface area contributed by atoms with E-state index in [1.807, 2.05) is 36.4 Å². The van der Waals surface area contributed by atoms with E-state index in [0.29, 0.717) is 11.5 Å². The number of fused-ring (bicyclic) bond motifs is 3. The first-order valence-corrected chi connectivity index (χ1v) is 6.23. The third kappa shape index (κ3) is 1.77. The molecule has 4 heteroatoms. The van der Waals surface area contributed by atoms with Crippen molar-refractivity contribution in [3.05, 3.63) is 48.0 Å². The maximum Gasteiger partial charge on any atom is 0.218 e. The summed E-state index contributed by atoms with van der Waals surface area (Å²) >= 11 is 0. The lowest BCUT2D eigenvalue weighted by atomic mass is 9.91. The van der Waals surface area contributed by atoms with Gasteiger partial charge in [0.2, 0.25) is 5.78 Å². The molecule has 0 spiro atoms. The van der Waals surface area contributed by atoms with Crippen molar-refractivity contribution in [1.29, 1.82) is 5.41 Å². The SMILES string of the molecule is COc1cccc2c1-c1ccccc1C(C(=O)C=N)O2. The molecule has 1 heterocycles. The van der Waals surface area contributed by atoms with Crippen LogP contribution in [-0.2, 0) is 4.79 Å². The zero-order chi connectivity index (χ0) is 14.1. The van der Waals surface area contributed by atoms with E-state index in [0.717, 1.165) is 22.9 Å². The normalized spacial score (nSPS) is 15.6. The molecular weight excluding hydrogens is 254 g/mol. The van der Waals surface area contributed by atoms with E-state index < -0.39 is 6.10 Å². The zero-order valence-corrected chi connectivity index (χ0v) is 10.9. The van der Waals surface area contributed by atoms with Crippen LogP contribution in [0.3, 0.4) is 0 Å². The van der Waals surface area contributed by atoms with Gasteiger partial charge in [-0.1, -0.05) is 30.3 Å². The number of carbonyl (C=O) groups is 1. The summed E-state index contributed by atoms with van der Waals surface area (Å²) < 4.78 is 11.2. The van der Waals surface area contributed by atoms with Crippen molar-refractivity contribution in [3.8, 4) is 22.6 Å². The molecule has 2 aromatic carbocycles. The Bertz CT molecular complexity index is 694. The van der Waals surface area contributed by atoms with Crippen molar-refractivity contribution < 1.29 is 14.3 Å². The highest BCUT2D eigenvalue weighted by atomic mass is 16.5. The van der Waals surface area contributed by atoms with Crippen molar-refractivity contribution in [3.63, 3.8) is 0 Å². The first-order valence-electron chi connectivity index (χ1n) is 6.23. The van der Waals surface area contributed by atoms with E-state index in [2.05, 4.69) is 0 Å². The van der Waals surface area contributed by atoms with E-state index in [9.17, 15) is 4.79 Å². The van der Waals surface area contributed by atoms with Gasteiger partial charge < -0.3 is 14.9 Å². The lowest BCUT2D eigenvalue weighted by molar-refractivity contribution is -0.119. The highest BCUT2D eigenvalue weighted by Gasteiger charge is 2.31. The van der Waals surface area contributed by atoms with E-state index >= 15 is 0 Å². The second-order valence-electron chi connectivity index (χ2n) is 4.47. The summed E-state index contributed by atoms with van der Waals surface area (Å²) in [5.41, 5.74) is 2.52. The molecule has 0 saturated carbocycles. The molecule has 0 saturated heterocycles. The average molecular weight is 267 g/mol. The Morgan fingerprint density at radius 1 is 1.25 bits per heavy atom. The number of nitrogens with one attached hydrogen (secondary N) is 1. The summed E-state index contributed by atoms with van der Waals surface area (Å²) in [7, 11) is 1.60. The van der Waals surface area contributed by atoms with Gasteiger partial charge in [-0.05, 0) is 17.7 Å². The third-order valence-corrected chi connectivity index (χ3v) is 3.37. The van der Waals surface area contributed by atoms with Crippen molar-refractivity contribution >= 4 is 12.0 Å². The number of carbonyl (C=O) groups excluding carboxylic acids is 1. The molecule has 4 nitrogen and oxygen atoms in total. The predicted molar refractivity (Wildman–Crippen MR) is 75.6 cm³/mol. The predicted octanol–water partition coefficient (Wildman–Crippen LogP) is 3.01. The molecule has 1 unspecified atom stereocenters. The molecule has 2 aromatic rings. The summed E-state index contributed by atoms with van der Waals surface area (Å²) in [4.78, 5) is 11.9. The quantitative estimate of drug-likeness (QED) is 0.869. The molecule has 1 aliphatic heterocycles. The summed E-state index contributed by atoms with van der Waals surface area (Å²) in [6.07, 6.45) is 0.0374. The van der Waals surface area contributed by atoms with Crippen molar-refractivity contribution in [2.24, 2.45) is 0 Å². The standard InChI is InChI=1S/C16H13NO3/c1-19-13-7-4-8-14-15(13)10-5-2-3-6-11(10)16(20-14)12(18)9-17/h2-9,16-17H,1H3. The number of hydrogen-bond acceptors (Lipinski definition) is 4. The van der Waals surface area contributed by atoms with Gasteiger partial charge in [-0.15, -0.1) is 0 Å². The summed E-state index contributed by atoms with van der Waals surface area (Å²) in [6, 6.07) is 13.0. The fourth-order valence-electron chi connectivity index (χ4n) is 2.48. The molecule has 0 aliphatic carbocycles. The van der Waals surface area contributed by atoms with Gasteiger partial charge in [0.15, 0.2) is 6.10 Å². The Kier molecular flexibility index (Phi) is 2.99. The molecule has 100 valence electrons. The zero-order valence-electron chi connectivity index (χ0n) is 10.9. The first-order chi connectivity index (χ1) is 9.76. The Hall–Kier alpha value is -2.62. The van der Waals surface area contributed by atoms with Crippen LogP contribution >= 0.6 is 0 Å². The van der Waals surface area contributed by atoms with E-state index in [1.54, 1.807) is 13.2 Å². The number of hydrogen-bond donors (Lipinski definition) is 1. The minimum absolute atomic E-state index is 0.370. The Labute approximate surface area is 116 Å². The highest BCUT2D eigenvalue weighted by molar-refractivity contribution is 6.28. The first kappa shape index (κ1) is 12.4. The van der Waals surface area contributed by atoms with Crippen LogP contribution in [0.1, 0.15) is 11.7 Å². The smallest absolute Gasteiger partial charge is 0.218 e. The lowest BCUT2D eigenvalue weighted by Gasteiger charge is -2.28. The molecule has 1 aliphatic rings. The third-order valence-electron chi connectivity index (χ3n) is 3.37.